The summed E-state index contributed by atoms with van der Waals surface area (Å²) in [4.78, 5) is 0. The first-order valence-electron chi connectivity index (χ1n) is 5.19. The van der Waals surface area contributed by atoms with E-state index >= 15 is 0 Å². The monoisotopic (exact) mass is 208 g/mol. The van der Waals surface area contributed by atoms with Gasteiger partial charge in [0.15, 0.2) is 0 Å². The molecule has 0 bridgehead atoms. The van der Waals surface area contributed by atoms with Crippen LogP contribution in [-0.4, -0.2) is 0 Å². The third-order valence-corrected chi connectivity index (χ3v) is 3.82. The van der Waals surface area contributed by atoms with E-state index in [1.165, 1.54) is 13.8 Å². The molecule has 1 heteroatoms. The average Bonchev–Trinajstić information content (AvgIpc) is 2.01. The van der Waals surface area contributed by atoms with Gasteiger partial charge >= 0.3 is 0 Å². The molecule has 0 atom stereocenters. The Bertz CT molecular complexity index is 280. The summed E-state index contributed by atoms with van der Waals surface area (Å²) in [6.07, 6.45) is 0. The van der Waals surface area contributed by atoms with E-state index < -0.39 is 0 Å². The molecule has 0 aliphatic rings. The summed E-state index contributed by atoms with van der Waals surface area (Å²) in [7, 11) is 1.37. The Morgan fingerprint density at radius 1 is 0.929 bits per heavy atom. The quantitative estimate of drug-likeness (QED) is 0.571. The zero-order valence-electron chi connectivity index (χ0n) is 10.2. The molecule has 1 aromatic rings. The lowest BCUT2D eigenvalue weighted by molar-refractivity contribution is 0.540. The largest absolute Gasteiger partial charge is 0.0721 e. The van der Waals surface area contributed by atoms with E-state index in [9.17, 15) is 0 Å². The molecule has 0 N–H and O–H groups in total. The molecule has 0 saturated carbocycles. The van der Waals surface area contributed by atoms with Gasteiger partial charge in [0, 0.05) is 0 Å². The molecule has 0 unspecified atom stereocenters. The van der Waals surface area contributed by atoms with Crippen LogP contribution in [-0.2, 0) is 10.8 Å². The van der Waals surface area contributed by atoms with Crippen molar-refractivity contribution in [3.05, 3.63) is 28.8 Å². The minimum atomic E-state index is 0.264. The van der Waals surface area contributed by atoms with Crippen molar-refractivity contribution < 1.29 is 0 Å². The lowest BCUT2D eigenvalue weighted by Gasteiger charge is -2.29. The van der Waals surface area contributed by atoms with Gasteiger partial charge in [-0.25, -0.2) is 0 Å². The van der Waals surface area contributed by atoms with Gasteiger partial charge in [0.2, 0.25) is 0 Å². The van der Waals surface area contributed by atoms with Gasteiger partial charge in [-0.05, 0) is 27.5 Å². The van der Waals surface area contributed by atoms with Crippen molar-refractivity contribution in [3.8, 4) is 0 Å². The normalized spacial score (nSPS) is 13.6. The SMILES string of the molecule is CC(C)(C)c1cccpc1C(C)(C)C. The molecule has 1 rings (SSSR count). The Morgan fingerprint density at radius 3 is 1.86 bits per heavy atom. The first kappa shape index (κ1) is 11.7. The Kier molecular flexibility index (Phi) is 3.07. The van der Waals surface area contributed by atoms with Crippen LogP contribution in [0.25, 0.3) is 0 Å². The van der Waals surface area contributed by atoms with Crippen LogP contribution in [0.1, 0.15) is 52.4 Å². The van der Waals surface area contributed by atoms with Crippen molar-refractivity contribution in [2.24, 2.45) is 0 Å². The lowest BCUT2D eigenvalue weighted by Crippen LogP contribution is -2.20. The molecule has 0 aliphatic carbocycles. The fourth-order valence-corrected chi connectivity index (χ4v) is 2.87. The molecule has 0 radical (unpaired) electrons. The number of rotatable bonds is 0. The summed E-state index contributed by atoms with van der Waals surface area (Å²) in [5, 5.41) is 1.56. The van der Waals surface area contributed by atoms with Crippen molar-refractivity contribution in [2.75, 3.05) is 0 Å². The summed E-state index contributed by atoms with van der Waals surface area (Å²) in [5.74, 6) is 2.23. The van der Waals surface area contributed by atoms with Gasteiger partial charge in [-0.1, -0.05) is 61.9 Å². The molecule has 14 heavy (non-hydrogen) atoms. The fraction of sp³-hybridized carbons (Fsp3) is 0.615. The molecular weight excluding hydrogens is 187 g/mol. The highest BCUT2D eigenvalue weighted by Crippen LogP contribution is 2.38. The van der Waals surface area contributed by atoms with Crippen LogP contribution < -0.4 is 0 Å². The second-order valence-electron chi connectivity index (χ2n) is 5.90. The van der Waals surface area contributed by atoms with Gasteiger partial charge in [0.05, 0.1) is 0 Å². The van der Waals surface area contributed by atoms with Crippen LogP contribution in [0.5, 0.6) is 0 Å². The second kappa shape index (κ2) is 3.66. The molecule has 1 heterocycles. The average molecular weight is 208 g/mol. The van der Waals surface area contributed by atoms with Gasteiger partial charge in [-0.2, -0.15) is 0 Å². The summed E-state index contributed by atoms with van der Waals surface area (Å²) >= 11 is 0. The van der Waals surface area contributed by atoms with Gasteiger partial charge < -0.3 is 0 Å². The molecule has 0 nitrogen and oxygen atoms in total. The predicted octanol–water partition coefficient (Wildman–Crippen LogP) is 4.86. The maximum Gasteiger partial charge on any atom is -0.00854 e. The van der Waals surface area contributed by atoms with E-state index in [0.29, 0.717) is 0 Å². The first-order chi connectivity index (χ1) is 6.23. The van der Waals surface area contributed by atoms with Crippen LogP contribution in [0.2, 0.25) is 0 Å². The minimum Gasteiger partial charge on any atom is -0.0721 e. The van der Waals surface area contributed by atoms with Crippen LogP contribution in [0.4, 0.5) is 0 Å². The van der Waals surface area contributed by atoms with Gasteiger partial charge in [0.1, 0.15) is 0 Å². The highest BCUT2D eigenvalue weighted by Gasteiger charge is 2.24. The Hall–Kier alpha value is -0.350. The number of hydrogen-bond acceptors (Lipinski definition) is 0. The van der Waals surface area contributed by atoms with Crippen LogP contribution in [0.15, 0.2) is 17.9 Å². The maximum absolute atomic E-state index is 2.30. The number of hydrogen-bond donors (Lipinski definition) is 0. The molecule has 1 aromatic heterocycles. The van der Waals surface area contributed by atoms with E-state index in [2.05, 4.69) is 59.5 Å². The second-order valence-corrected chi connectivity index (χ2v) is 6.90. The molecule has 0 aromatic carbocycles. The summed E-state index contributed by atoms with van der Waals surface area (Å²) in [6.45, 7) is 13.8. The molecular formula is C13H21P. The van der Waals surface area contributed by atoms with Crippen LogP contribution in [0.3, 0.4) is 0 Å². The van der Waals surface area contributed by atoms with Crippen molar-refractivity contribution in [1.82, 2.24) is 0 Å². The summed E-state index contributed by atoms with van der Waals surface area (Å²) < 4.78 is 0. The topological polar surface area (TPSA) is 0 Å². The third-order valence-electron chi connectivity index (χ3n) is 2.33. The summed E-state index contributed by atoms with van der Waals surface area (Å²) in [5.41, 5.74) is 2.06. The molecule has 0 saturated heterocycles. The van der Waals surface area contributed by atoms with Crippen molar-refractivity contribution >= 4 is 8.19 Å². The van der Waals surface area contributed by atoms with Gasteiger partial charge in [-0.3, -0.25) is 0 Å². The third kappa shape index (κ3) is 2.58. The van der Waals surface area contributed by atoms with Crippen LogP contribution >= 0.6 is 8.19 Å². The smallest absolute Gasteiger partial charge is 0.00854 e. The zero-order valence-corrected chi connectivity index (χ0v) is 11.1. The lowest BCUT2D eigenvalue weighted by atomic mass is 9.80. The molecule has 0 aliphatic heterocycles. The Labute approximate surface area is 89.8 Å². The van der Waals surface area contributed by atoms with E-state index in [-0.39, 0.29) is 10.8 Å². The predicted molar refractivity (Wildman–Crippen MR) is 66.4 cm³/mol. The molecule has 0 spiro atoms. The molecule has 78 valence electrons. The Balaban J connectivity index is 3.31. The molecule has 0 fully saturated rings. The van der Waals surface area contributed by atoms with Crippen molar-refractivity contribution in [2.45, 2.75) is 52.4 Å². The first-order valence-corrected chi connectivity index (χ1v) is 6.15. The highest BCUT2D eigenvalue weighted by atomic mass is 31.0. The van der Waals surface area contributed by atoms with Gasteiger partial charge in [0.25, 0.3) is 0 Å². The van der Waals surface area contributed by atoms with E-state index in [1.54, 1.807) is 5.30 Å². The fourth-order valence-electron chi connectivity index (χ4n) is 1.61. The minimum absolute atomic E-state index is 0.264. The van der Waals surface area contributed by atoms with Gasteiger partial charge in [-0.15, -0.1) is 0 Å². The highest BCUT2D eigenvalue weighted by molar-refractivity contribution is 7.30. The molecule has 0 amide bonds. The van der Waals surface area contributed by atoms with Crippen molar-refractivity contribution in [3.63, 3.8) is 0 Å². The summed E-state index contributed by atoms with van der Waals surface area (Å²) in [6, 6.07) is 4.45. The van der Waals surface area contributed by atoms with E-state index in [1.807, 2.05) is 0 Å². The van der Waals surface area contributed by atoms with E-state index in [4.69, 9.17) is 0 Å². The van der Waals surface area contributed by atoms with E-state index in [0.717, 1.165) is 0 Å². The standard InChI is InChI=1S/C13H21P/c1-12(2,3)10-8-7-9-14-11(10)13(4,5)6/h7-9H,1-6H3. The Morgan fingerprint density at radius 2 is 1.50 bits per heavy atom. The van der Waals surface area contributed by atoms with Crippen molar-refractivity contribution in [1.29, 1.82) is 0 Å². The van der Waals surface area contributed by atoms with Crippen LogP contribution in [0, 0.1) is 0 Å². The maximum atomic E-state index is 2.30. The zero-order chi connectivity index (χ0) is 11.0.